The Balaban J connectivity index is 1.36. The smallest absolute Gasteiger partial charge is 0.253 e. The molecule has 7 nitrogen and oxygen atoms in total. The zero-order valence-electron chi connectivity index (χ0n) is 16.3. The first-order valence-electron chi connectivity index (χ1n) is 10.1. The zero-order chi connectivity index (χ0) is 20.1. The van der Waals surface area contributed by atoms with Gasteiger partial charge in [0.2, 0.25) is 5.91 Å². The molecule has 0 unspecified atom stereocenters. The van der Waals surface area contributed by atoms with Crippen LogP contribution in [-0.4, -0.2) is 39.2 Å². The summed E-state index contributed by atoms with van der Waals surface area (Å²) in [5.74, 6) is -0.455. The van der Waals surface area contributed by atoms with Crippen LogP contribution in [0.1, 0.15) is 48.0 Å². The maximum absolute atomic E-state index is 12.4. The lowest BCUT2D eigenvalue weighted by atomic mass is 9.95. The van der Waals surface area contributed by atoms with Gasteiger partial charge in [0.1, 0.15) is 0 Å². The summed E-state index contributed by atoms with van der Waals surface area (Å²) in [5.41, 5.74) is 2.27. The molecule has 0 bridgehead atoms. The summed E-state index contributed by atoms with van der Waals surface area (Å²) in [7, 11) is 0. The minimum Gasteiger partial charge on any atom is -0.352 e. The molecule has 29 heavy (non-hydrogen) atoms. The van der Waals surface area contributed by atoms with Gasteiger partial charge < -0.3 is 10.6 Å². The van der Waals surface area contributed by atoms with E-state index in [0.29, 0.717) is 12.1 Å². The summed E-state index contributed by atoms with van der Waals surface area (Å²) in [6.45, 7) is 0.588. The number of carbonyl (C=O) groups excluding carboxylic acids is 2. The van der Waals surface area contributed by atoms with Crippen LogP contribution in [0.3, 0.4) is 0 Å². The highest BCUT2D eigenvalue weighted by molar-refractivity contribution is 5.98. The van der Waals surface area contributed by atoms with Crippen molar-refractivity contribution in [2.75, 3.05) is 6.54 Å². The van der Waals surface area contributed by atoms with E-state index in [1.54, 1.807) is 12.3 Å². The molecule has 0 spiro atoms. The molecule has 0 atom stereocenters. The molecule has 1 aliphatic rings. The van der Waals surface area contributed by atoms with Crippen LogP contribution in [0.4, 0.5) is 0 Å². The van der Waals surface area contributed by atoms with E-state index in [4.69, 9.17) is 0 Å². The molecule has 2 amide bonds. The Hall–Kier alpha value is -3.22. The van der Waals surface area contributed by atoms with Gasteiger partial charge in [-0.25, -0.2) is 9.67 Å². The molecule has 3 aromatic rings. The number of carbonyl (C=O) groups is 2. The Morgan fingerprint density at radius 3 is 2.66 bits per heavy atom. The van der Waals surface area contributed by atoms with Crippen molar-refractivity contribution in [1.82, 2.24) is 25.4 Å². The highest BCUT2D eigenvalue weighted by Gasteiger charge is 2.17. The van der Waals surface area contributed by atoms with E-state index >= 15 is 0 Å². The fraction of sp³-hybridized carbons (Fsp3) is 0.364. The SMILES string of the molecule is O=C(CNC(=O)c1cnc2c(cnn2Cc2ccccc2)c1)NC1CCCCC1. The summed E-state index contributed by atoms with van der Waals surface area (Å²) < 4.78 is 1.81. The third-order valence-corrected chi connectivity index (χ3v) is 5.29. The van der Waals surface area contributed by atoms with Crippen molar-refractivity contribution in [3.63, 3.8) is 0 Å². The van der Waals surface area contributed by atoms with Crippen molar-refractivity contribution in [3.05, 3.63) is 59.9 Å². The molecular formula is C22H25N5O2. The van der Waals surface area contributed by atoms with Crippen molar-refractivity contribution < 1.29 is 9.59 Å². The Morgan fingerprint density at radius 1 is 1.07 bits per heavy atom. The Bertz CT molecular complexity index is 993. The molecule has 150 valence electrons. The molecule has 1 aromatic carbocycles. The molecule has 1 saturated carbocycles. The third kappa shape index (κ3) is 4.80. The maximum Gasteiger partial charge on any atom is 0.253 e. The summed E-state index contributed by atoms with van der Waals surface area (Å²) in [6.07, 6.45) is 8.82. The number of benzene rings is 1. The third-order valence-electron chi connectivity index (χ3n) is 5.29. The van der Waals surface area contributed by atoms with Crippen LogP contribution in [0.25, 0.3) is 11.0 Å². The molecule has 4 rings (SSSR count). The van der Waals surface area contributed by atoms with E-state index in [1.165, 1.54) is 12.6 Å². The van der Waals surface area contributed by atoms with Crippen LogP contribution < -0.4 is 10.6 Å². The van der Waals surface area contributed by atoms with Crippen molar-refractivity contribution >= 4 is 22.8 Å². The van der Waals surface area contributed by atoms with E-state index in [0.717, 1.165) is 42.3 Å². The maximum atomic E-state index is 12.4. The molecule has 7 heteroatoms. The number of hydrogen-bond donors (Lipinski definition) is 2. The second-order valence-corrected chi connectivity index (χ2v) is 7.51. The Morgan fingerprint density at radius 2 is 1.86 bits per heavy atom. The predicted octanol–water partition coefficient (Wildman–Crippen LogP) is 2.66. The van der Waals surface area contributed by atoms with Gasteiger partial charge in [0.25, 0.3) is 5.91 Å². The normalized spacial score (nSPS) is 14.6. The lowest BCUT2D eigenvalue weighted by Crippen LogP contribution is -2.42. The molecular weight excluding hydrogens is 366 g/mol. The zero-order valence-corrected chi connectivity index (χ0v) is 16.3. The Labute approximate surface area is 169 Å². The minimum atomic E-state index is -0.311. The first-order valence-corrected chi connectivity index (χ1v) is 10.1. The van der Waals surface area contributed by atoms with Crippen molar-refractivity contribution in [2.24, 2.45) is 0 Å². The van der Waals surface area contributed by atoms with Gasteiger partial charge >= 0.3 is 0 Å². The lowest BCUT2D eigenvalue weighted by molar-refractivity contribution is -0.121. The highest BCUT2D eigenvalue weighted by atomic mass is 16.2. The van der Waals surface area contributed by atoms with Gasteiger partial charge in [0.05, 0.1) is 24.8 Å². The van der Waals surface area contributed by atoms with Gasteiger partial charge in [0, 0.05) is 17.6 Å². The minimum absolute atomic E-state index is 0.0271. The van der Waals surface area contributed by atoms with Gasteiger partial charge in [-0.2, -0.15) is 5.10 Å². The van der Waals surface area contributed by atoms with E-state index in [9.17, 15) is 9.59 Å². The van der Waals surface area contributed by atoms with Gasteiger partial charge in [-0.15, -0.1) is 0 Å². The summed E-state index contributed by atoms with van der Waals surface area (Å²) in [5, 5.41) is 10.9. The second-order valence-electron chi connectivity index (χ2n) is 7.51. The first kappa shape index (κ1) is 19.1. The van der Waals surface area contributed by atoms with E-state index in [2.05, 4.69) is 20.7 Å². The number of nitrogens with zero attached hydrogens (tertiary/aromatic N) is 3. The van der Waals surface area contributed by atoms with Crippen LogP contribution in [0, 0.1) is 0 Å². The quantitative estimate of drug-likeness (QED) is 0.676. The number of fused-ring (bicyclic) bond motifs is 1. The summed E-state index contributed by atoms with van der Waals surface area (Å²) >= 11 is 0. The van der Waals surface area contributed by atoms with E-state index in [1.807, 2.05) is 35.0 Å². The lowest BCUT2D eigenvalue weighted by Gasteiger charge is -2.22. The van der Waals surface area contributed by atoms with Gasteiger partial charge in [-0.3, -0.25) is 9.59 Å². The highest BCUT2D eigenvalue weighted by Crippen LogP contribution is 2.17. The van der Waals surface area contributed by atoms with E-state index < -0.39 is 0 Å². The molecule has 0 aliphatic heterocycles. The van der Waals surface area contributed by atoms with Crippen LogP contribution in [0.5, 0.6) is 0 Å². The van der Waals surface area contributed by atoms with Crippen molar-refractivity contribution in [3.8, 4) is 0 Å². The molecule has 1 aliphatic carbocycles. The fourth-order valence-electron chi connectivity index (χ4n) is 3.76. The van der Waals surface area contributed by atoms with Crippen LogP contribution in [0.15, 0.2) is 48.8 Å². The average molecular weight is 391 g/mol. The number of amides is 2. The summed E-state index contributed by atoms with van der Waals surface area (Å²) in [4.78, 5) is 28.9. The van der Waals surface area contributed by atoms with Crippen LogP contribution in [0.2, 0.25) is 0 Å². The number of aromatic nitrogens is 3. The number of hydrogen-bond acceptors (Lipinski definition) is 4. The van der Waals surface area contributed by atoms with Gasteiger partial charge in [0.15, 0.2) is 5.65 Å². The molecule has 2 heterocycles. The largest absolute Gasteiger partial charge is 0.352 e. The first-order chi connectivity index (χ1) is 14.2. The van der Waals surface area contributed by atoms with Gasteiger partial charge in [-0.1, -0.05) is 49.6 Å². The topological polar surface area (TPSA) is 88.9 Å². The van der Waals surface area contributed by atoms with Crippen molar-refractivity contribution in [1.29, 1.82) is 0 Å². The summed E-state index contributed by atoms with van der Waals surface area (Å²) in [6, 6.07) is 12.0. The molecule has 2 aromatic heterocycles. The molecule has 0 radical (unpaired) electrons. The monoisotopic (exact) mass is 391 g/mol. The second kappa shape index (κ2) is 8.86. The predicted molar refractivity (Wildman–Crippen MR) is 110 cm³/mol. The van der Waals surface area contributed by atoms with E-state index in [-0.39, 0.29) is 24.4 Å². The molecule has 0 saturated heterocycles. The standard InChI is InChI=1S/C22H25N5O2/c28-20(26-19-9-5-2-6-10-19)14-24-22(29)18-11-17-13-25-27(21(17)23-12-18)15-16-7-3-1-4-8-16/h1,3-4,7-8,11-13,19H,2,5-6,9-10,14-15H2,(H,24,29)(H,26,28). The van der Waals surface area contributed by atoms with Crippen molar-refractivity contribution in [2.45, 2.75) is 44.7 Å². The number of rotatable bonds is 6. The molecule has 1 fully saturated rings. The average Bonchev–Trinajstić information content (AvgIpc) is 3.15. The fourth-order valence-corrected chi connectivity index (χ4v) is 3.76. The van der Waals surface area contributed by atoms with Gasteiger partial charge in [-0.05, 0) is 24.5 Å². The number of pyridine rings is 1. The number of nitrogens with one attached hydrogen (secondary N) is 2. The molecule has 2 N–H and O–H groups in total. The van der Waals surface area contributed by atoms with Crippen LogP contribution in [-0.2, 0) is 11.3 Å². The van der Waals surface area contributed by atoms with Crippen LogP contribution >= 0.6 is 0 Å². The Kier molecular flexibility index (Phi) is 5.84.